The number of hydrogen-bond acceptors (Lipinski definition) is 7. The average Bonchev–Trinajstić information content (AvgIpc) is 3.03. The third-order valence-electron chi connectivity index (χ3n) is 2.69. The number of amides is 1. The van der Waals surface area contributed by atoms with Crippen molar-refractivity contribution in [2.75, 3.05) is 10.6 Å². The molecule has 0 aliphatic rings. The fourth-order valence-corrected chi connectivity index (χ4v) is 1.70. The summed E-state index contributed by atoms with van der Waals surface area (Å²) >= 11 is 0. The van der Waals surface area contributed by atoms with Crippen molar-refractivity contribution in [1.82, 2.24) is 20.6 Å². The van der Waals surface area contributed by atoms with E-state index in [4.69, 9.17) is 10.00 Å². The van der Waals surface area contributed by atoms with Gasteiger partial charge in [-0.05, 0) is 44.2 Å². The lowest BCUT2D eigenvalue weighted by molar-refractivity contribution is 0.0635. The van der Waals surface area contributed by atoms with Crippen molar-refractivity contribution in [3.63, 3.8) is 0 Å². The number of hydrogen-bond donors (Lipinski definition) is 3. The zero-order chi connectivity index (χ0) is 18.4. The van der Waals surface area contributed by atoms with E-state index in [9.17, 15) is 9.18 Å². The van der Waals surface area contributed by atoms with Gasteiger partial charge in [-0.3, -0.25) is 5.32 Å². The Morgan fingerprint density at radius 3 is 2.76 bits per heavy atom. The van der Waals surface area contributed by atoms with Crippen LogP contribution in [0, 0.1) is 17.1 Å². The van der Waals surface area contributed by atoms with E-state index in [1.54, 1.807) is 20.8 Å². The molecule has 1 heterocycles. The lowest BCUT2D eigenvalue weighted by Gasteiger charge is -2.19. The Labute approximate surface area is 142 Å². The maximum Gasteiger partial charge on any atom is 0.412 e. The number of ether oxygens (including phenoxy) is 1. The summed E-state index contributed by atoms with van der Waals surface area (Å²) in [5.74, 6) is -0.555. The summed E-state index contributed by atoms with van der Waals surface area (Å²) in [4.78, 5) is 11.7. The number of carbonyl (C=O) groups excluding carboxylic acids is 1. The molecule has 0 fully saturated rings. The third-order valence-corrected chi connectivity index (χ3v) is 2.69. The molecule has 2 rings (SSSR count). The zero-order valence-corrected chi connectivity index (χ0v) is 13.8. The van der Waals surface area contributed by atoms with Gasteiger partial charge in [-0.1, -0.05) is 0 Å². The Balaban J connectivity index is 2.07. The fourth-order valence-electron chi connectivity index (χ4n) is 1.70. The molecule has 1 aromatic heterocycles. The first-order valence-corrected chi connectivity index (χ1v) is 7.18. The predicted octanol–water partition coefficient (Wildman–Crippen LogP) is 2.66. The van der Waals surface area contributed by atoms with Gasteiger partial charge in [0, 0.05) is 11.9 Å². The van der Waals surface area contributed by atoms with Gasteiger partial charge < -0.3 is 10.1 Å². The molecule has 3 N–H and O–H groups in total. The molecule has 130 valence electrons. The molecule has 9 nitrogen and oxygen atoms in total. The van der Waals surface area contributed by atoms with Gasteiger partial charge in [-0.15, -0.1) is 10.2 Å². The first-order valence-electron chi connectivity index (χ1n) is 7.18. The Bertz CT molecular complexity index is 819. The maximum absolute atomic E-state index is 14.1. The number of tetrazole rings is 1. The molecule has 0 saturated carbocycles. The number of nitrogens with zero attached hydrogens (tertiary/aromatic N) is 4. The second-order valence-corrected chi connectivity index (χ2v) is 5.87. The molecule has 10 heteroatoms. The minimum absolute atomic E-state index is 0.0255. The molecule has 0 radical (unpaired) electrons. The van der Waals surface area contributed by atoms with Gasteiger partial charge in [-0.25, -0.2) is 9.18 Å². The van der Waals surface area contributed by atoms with E-state index in [2.05, 4.69) is 31.3 Å². The normalized spacial score (nSPS) is 11.6. The topological polar surface area (TPSA) is 129 Å². The molecule has 0 atom stereocenters. The van der Waals surface area contributed by atoms with Gasteiger partial charge in [0.2, 0.25) is 5.82 Å². The Hall–Kier alpha value is -3.48. The quantitative estimate of drug-likeness (QED) is 0.726. The summed E-state index contributed by atoms with van der Waals surface area (Å²) in [6, 6.07) is 5.95. The lowest BCUT2D eigenvalue weighted by Crippen LogP contribution is -2.27. The van der Waals surface area contributed by atoms with Crippen LogP contribution in [0.1, 0.15) is 26.6 Å². The van der Waals surface area contributed by atoms with Crippen LogP contribution in [0.15, 0.2) is 24.4 Å². The Morgan fingerprint density at radius 2 is 2.20 bits per heavy atom. The number of rotatable bonds is 4. The van der Waals surface area contributed by atoms with Crippen LogP contribution < -0.4 is 10.6 Å². The van der Waals surface area contributed by atoms with Gasteiger partial charge in [0.15, 0.2) is 0 Å². The van der Waals surface area contributed by atoms with Crippen LogP contribution >= 0.6 is 0 Å². The van der Waals surface area contributed by atoms with Crippen molar-refractivity contribution in [1.29, 1.82) is 5.26 Å². The smallest absolute Gasteiger partial charge is 0.412 e. The summed E-state index contributed by atoms with van der Waals surface area (Å²) in [5.41, 5.74) is -0.230. The molecular weight excluding hydrogens is 329 g/mol. The number of nitrogens with one attached hydrogen (secondary N) is 3. The van der Waals surface area contributed by atoms with Crippen molar-refractivity contribution in [2.45, 2.75) is 26.4 Å². The second-order valence-electron chi connectivity index (χ2n) is 5.87. The van der Waals surface area contributed by atoms with Crippen molar-refractivity contribution >= 4 is 23.0 Å². The Kier molecular flexibility index (Phi) is 5.28. The minimum atomic E-state index is -0.754. The van der Waals surface area contributed by atoms with Crippen molar-refractivity contribution in [2.24, 2.45) is 0 Å². The number of aromatic amines is 1. The number of aromatic nitrogens is 4. The van der Waals surface area contributed by atoms with Crippen molar-refractivity contribution in [3.8, 4) is 6.07 Å². The number of H-pyrrole nitrogens is 1. The number of halogens is 1. The second kappa shape index (κ2) is 7.39. The standard InChI is InChI=1S/C15H16FN7O2/c1-15(2,3)25-14(24)19-12-5-4-10(6-11(12)16)18-8-9(7-17)13-20-22-23-21-13/h4-6,8,18H,1-3H3,(H,19,24)(H,20,21,22,23). The predicted molar refractivity (Wildman–Crippen MR) is 87.6 cm³/mol. The first kappa shape index (κ1) is 17.9. The van der Waals surface area contributed by atoms with Crippen molar-refractivity contribution < 1.29 is 13.9 Å². The molecule has 0 spiro atoms. The molecule has 0 unspecified atom stereocenters. The molecule has 0 aliphatic heterocycles. The molecule has 0 saturated heterocycles. The van der Waals surface area contributed by atoms with Crippen LogP contribution in [-0.4, -0.2) is 32.3 Å². The van der Waals surface area contributed by atoms with Gasteiger partial charge in [-0.2, -0.15) is 10.5 Å². The summed E-state index contributed by atoms with van der Waals surface area (Å²) in [6.07, 6.45) is 0.566. The fraction of sp³-hybridized carbons (Fsp3) is 0.267. The van der Waals surface area contributed by atoms with Crippen LogP contribution in [0.25, 0.3) is 5.57 Å². The highest BCUT2D eigenvalue weighted by Crippen LogP contribution is 2.20. The van der Waals surface area contributed by atoms with Crippen molar-refractivity contribution in [3.05, 3.63) is 36.0 Å². The Morgan fingerprint density at radius 1 is 1.44 bits per heavy atom. The molecule has 25 heavy (non-hydrogen) atoms. The van der Waals surface area contributed by atoms with E-state index in [1.165, 1.54) is 18.3 Å². The van der Waals surface area contributed by atoms with Gasteiger partial charge in [0.25, 0.3) is 0 Å². The summed E-state index contributed by atoms with van der Waals surface area (Å²) in [6.45, 7) is 5.12. The maximum atomic E-state index is 14.1. The summed E-state index contributed by atoms with van der Waals surface area (Å²) < 4.78 is 19.1. The highest BCUT2D eigenvalue weighted by molar-refractivity contribution is 5.85. The SMILES string of the molecule is CC(C)(C)OC(=O)Nc1ccc(NC=C(C#N)c2nn[nH]n2)cc1F. The van der Waals surface area contributed by atoms with Crippen LogP contribution in [-0.2, 0) is 4.74 Å². The van der Waals surface area contributed by atoms with Crippen LogP contribution in [0.5, 0.6) is 0 Å². The molecule has 1 amide bonds. The third kappa shape index (κ3) is 5.28. The van der Waals surface area contributed by atoms with Gasteiger partial charge in [0.05, 0.1) is 5.69 Å². The molecule has 0 bridgehead atoms. The molecular formula is C15H16FN7O2. The van der Waals surface area contributed by atoms with Crippen LogP contribution in [0.4, 0.5) is 20.6 Å². The van der Waals surface area contributed by atoms with E-state index < -0.39 is 17.5 Å². The number of nitriles is 1. The monoisotopic (exact) mass is 345 g/mol. The van der Waals surface area contributed by atoms with E-state index in [0.29, 0.717) is 5.69 Å². The minimum Gasteiger partial charge on any atom is -0.444 e. The van der Waals surface area contributed by atoms with E-state index in [1.807, 2.05) is 6.07 Å². The zero-order valence-electron chi connectivity index (χ0n) is 13.8. The van der Waals surface area contributed by atoms with Gasteiger partial charge in [0.1, 0.15) is 23.1 Å². The molecule has 0 aliphatic carbocycles. The molecule has 2 aromatic rings. The number of anilines is 2. The highest BCUT2D eigenvalue weighted by Gasteiger charge is 2.17. The van der Waals surface area contributed by atoms with Crippen LogP contribution in [0.2, 0.25) is 0 Å². The summed E-state index contributed by atoms with van der Waals surface area (Å²) in [5, 5.41) is 27.1. The number of benzene rings is 1. The number of carbonyl (C=O) groups is 1. The molecule has 1 aromatic carbocycles. The van der Waals surface area contributed by atoms with E-state index in [-0.39, 0.29) is 17.1 Å². The van der Waals surface area contributed by atoms with E-state index in [0.717, 1.165) is 6.07 Å². The highest BCUT2D eigenvalue weighted by atomic mass is 19.1. The largest absolute Gasteiger partial charge is 0.444 e. The average molecular weight is 345 g/mol. The van der Waals surface area contributed by atoms with Crippen LogP contribution in [0.3, 0.4) is 0 Å². The van der Waals surface area contributed by atoms with Gasteiger partial charge >= 0.3 is 6.09 Å². The number of allylic oxidation sites excluding steroid dienone is 1. The lowest BCUT2D eigenvalue weighted by atomic mass is 10.2. The first-order chi connectivity index (χ1) is 11.8. The summed E-state index contributed by atoms with van der Waals surface area (Å²) in [7, 11) is 0. The van der Waals surface area contributed by atoms with E-state index >= 15 is 0 Å².